The lowest BCUT2D eigenvalue weighted by Gasteiger charge is -2.01. The lowest BCUT2D eigenvalue weighted by Crippen LogP contribution is -2.20. The van der Waals surface area contributed by atoms with Gasteiger partial charge in [0.15, 0.2) is 24.8 Å². The maximum atomic E-state index is 11.6. The molecular weight excluding hydrogens is 356 g/mol. The molecule has 0 radical (unpaired) electrons. The first-order valence-corrected chi connectivity index (χ1v) is 11.6. The SMILES string of the molecule is CC=CC=CC.CC=CC=CCS(=O)(=O)CS(=O)(=O)CC=CC=CC. The molecule has 0 fully saturated rings. The molecule has 0 spiro atoms. The van der Waals surface area contributed by atoms with Crippen LogP contribution in [0.3, 0.4) is 0 Å². The second kappa shape index (κ2) is 15.8. The molecule has 0 saturated heterocycles. The van der Waals surface area contributed by atoms with Gasteiger partial charge >= 0.3 is 0 Å². The molecule has 0 aliphatic rings. The van der Waals surface area contributed by atoms with Crippen molar-refractivity contribution >= 4 is 19.7 Å². The van der Waals surface area contributed by atoms with Gasteiger partial charge in [-0.05, 0) is 27.7 Å². The van der Waals surface area contributed by atoms with Gasteiger partial charge in [-0.15, -0.1) is 0 Å². The Bertz CT molecular complexity index is 641. The summed E-state index contributed by atoms with van der Waals surface area (Å²) in [5, 5.41) is -0.819. The summed E-state index contributed by atoms with van der Waals surface area (Å²) in [7, 11) is -7.25. The molecule has 0 aliphatic carbocycles. The Balaban J connectivity index is 0. The van der Waals surface area contributed by atoms with Crippen molar-refractivity contribution in [1.82, 2.24) is 0 Å². The van der Waals surface area contributed by atoms with Gasteiger partial charge in [0.1, 0.15) is 0 Å². The van der Waals surface area contributed by atoms with Gasteiger partial charge in [-0.2, -0.15) is 0 Å². The Kier molecular flexibility index (Phi) is 16.2. The van der Waals surface area contributed by atoms with Crippen LogP contribution < -0.4 is 0 Å². The lowest BCUT2D eigenvalue weighted by atomic mass is 10.5. The van der Waals surface area contributed by atoms with Gasteiger partial charge in [-0.25, -0.2) is 16.8 Å². The predicted molar refractivity (Wildman–Crippen MR) is 110 cm³/mol. The second-order valence-corrected chi connectivity index (χ2v) is 9.48. The molecule has 6 heteroatoms. The van der Waals surface area contributed by atoms with E-state index in [1.54, 1.807) is 50.3 Å². The van der Waals surface area contributed by atoms with Crippen LogP contribution in [0.15, 0.2) is 72.9 Å². The van der Waals surface area contributed by atoms with E-state index in [1.807, 2.05) is 38.2 Å². The molecule has 0 aliphatic heterocycles. The third kappa shape index (κ3) is 20.3. The van der Waals surface area contributed by atoms with Crippen LogP contribution >= 0.6 is 0 Å². The second-order valence-electron chi connectivity index (χ2n) is 4.90. The summed E-state index contributed by atoms with van der Waals surface area (Å²) < 4.78 is 46.4. The van der Waals surface area contributed by atoms with Gasteiger partial charge in [0.2, 0.25) is 0 Å². The van der Waals surface area contributed by atoms with Crippen molar-refractivity contribution in [3.05, 3.63) is 72.9 Å². The minimum Gasteiger partial charge on any atom is -0.227 e. The first-order valence-electron chi connectivity index (χ1n) is 7.95. The van der Waals surface area contributed by atoms with Crippen molar-refractivity contribution in [2.45, 2.75) is 27.7 Å². The van der Waals surface area contributed by atoms with Crippen LogP contribution in [0.2, 0.25) is 0 Å². The average Bonchev–Trinajstić information content (AvgIpc) is 2.53. The minimum atomic E-state index is -3.62. The average molecular weight is 387 g/mol. The van der Waals surface area contributed by atoms with E-state index in [0.29, 0.717) is 0 Å². The molecule has 0 heterocycles. The van der Waals surface area contributed by atoms with Crippen LogP contribution in [0.5, 0.6) is 0 Å². The summed E-state index contributed by atoms with van der Waals surface area (Å²) in [5.41, 5.74) is 0. The molecule has 0 bridgehead atoms. The van der Waals surface area contributed by atoms with Crippen LogP contribution in [0.4, 0.5) is 0 Å². The number of sulfone groups is 2. The first-order chi connectivity index (χ1) is 11.7. The Labute approximate surface area is 153 Å². The van der Waals surface area contributed by atoms with Crippen molar-refractivity contribution < 1.29 is 16.8 Å². The number of allylic oxidation sites excluding steroid dienone is 10. The molecule has 0 atom stereocenters. The summed E-state index contributed by atoms with van der Waals surface area (Å²) in [6.07, 6.45) is 20.9. The van der Waals surface area contributed by atoms with Crippen LogP contribution in [-0.2, 0) is 19.7 Å². The van der Waals surface area contributed by atoms with E-state index < -0.39 is 24.8 Å². The highest BCUT2D eigenvalue weighted by Crippen LogP contribution is 2.01. The fourth-order valence-corrected chi connectivity index (χ4v) is 5.14. The van der Waals surface area contributed by atoms with E-state index in [0.717, 1.165) is 0 Å². The normalized spacial score (nSPS) is 13.8. The van der Waals surface area contributed by atoms with Crippen LogP contribution in [-0.4, -0.2) is 33.4 Å². The third-order valence-corrected chi connectivity index (χ3v) is 6.71. The van der Waals surface area contributed by atoms with E-state index >= 15 is 0 Å². The van der Waals surface area contributed by atoms with Crippen molar-refractivity contribution in [2.24, 2.45) is 0 Å². The zero-order chi connectivity index (χ0) is 19.6. The Hall–Kier alpha value is -1.66. The molecule has 142 valence electrons. The summed E-state index contributed by atoms with van der Waals surface area (Å²) in [4.78, 5) is 0. The monoisotopic (exact) mass is 386 g/mol. The molecule has 0 aromatic rings. The van der Waals surface area contributed by atoms with Crippen LogP contribution in [0.1, 0.15) is 27.7 Å². The summed E-state index contributed by atoms with van der Waals surface area (Å²) in [5.74, 6) is -0.537. The highest BCUT2D eigenvalue weighted by Gasteiger charge is 2.19. The summed E-state index contributed by atoms with van der Waals surface area (Å²) in [6.45, 7) is 7.61. The number of hydrogen-bond acceptors (Lipinski definition) is 4. The van der Waals surface area contributed by atoms with Crippen molar-refractivity contribution in [2.75, 3.05) is 16.6 Å². The maximum Gasteiger partial charge on any atom is 0.168 e. The van der Waals surface area contributed by atoms with Gasteiger partial charge in [0.25, 0.3) is 0 Å². The topological polar surface area (TPSA) is 68.3 Å². The highest BCUT2D eigenvalue weighted by molar-refractivity contribution is 8.08. The van der Waals surface area contributed by atoms with Crippen molar-refractivity contribution in [1.29, 1.82) is 0 Å². The molecule has 0 aromatic heterocycles. The van der Waals surface area contributed by atoms with Crippen LogP contribution in [0.25, 0.3) is 0 Å². The first kappa shape index (κ1) is 25.6. The molecule has 0 N–H and O–H groups in total. The van der Waals surface area contributed by atoms with E-state index in [2.05, 4.69) is 0 Å². The lowest BCUT2D eigenvalue weighted by molar-refractivity contribution is 0.592. The minimum absolute atomic E-state index is 0.269. The third-order valence-electron chi connectivity index (χ3n) is 2.43. The molecule has 0 amide bonds. The maximum absolute atomic E-state index is 11.6. The molecule has 0 saturated carbocycles. The van der Waals surface area contributed by atoms with Crippen molar-refractivity contribution in [3.63, 3.8) is 0 Å². The number of hydrogen-bond donors (Lipinski definition) is 0. The smallest absolute Gasteiger partial charge is 0.168 e. The predicted octanol–water partition coefficient (Wildman–Crippen LogP) is 4.18. The highest BCUT2D eigenvalue weighted by atomic mass is 32.3. The van der Waals surface area contributed by atoms with E-state index in [9.17, 15) is 16.8 Å². The standard InChI is InChI=1S/C13H20O4S2.C6H10/c1-3-5-7-9-11-18(14,15)13-19(16,17)12-10-8-6-4-2;1-3-5-6-4-2/h3-10H,11-13H2,1-2H3;3-6H,1-2H3. The van der Waals surface area contributed by atoms with Gasteiger partial charge in [-0.1, -0.05) is 72.9 Å². The molecule has 0 aromatic carbocycles. The number of rotatable bonds is 9. The fraction of sp³-hybridized carbons (Fsp3) is 0.368. The van der Waals surface area contributed by atoms with Gasteiger partial charge in [0.05, 0.1) is 11.5 Å². The van der Waals surface area contributed by atoms with E-state index in [1.165, 1.54) is 12.2 Å². The quantitative estimate of drug-likeness (QED) is 0.558. The van der Waals surface area contributed by atoms with Gasteiger partial charge in [-0.3, -0.25) is 0 Å². The molecule has 25 heavy (non-hydrogen) atoms. The molecule has 0 unspecified atom stereocenters. The zero-order valence-corrected chi connectivity index (χ0v) is 17.1. The van der Waals surface area contributed by atoms with Crippen molar-refractivity contribution in [3.8, 4) is 0 Å². The summed E-state index contributed by atoms with van der Waals surface area (Å²) >= 11 is 0. The molecule has 4 nitrogen and oxygen atoms in total. The van der Waals surface area contributed by atoms with Gasteiger partial charge < -0.3 is 0 Å². The Morgan fingerprint density at radius 3 is 1.08 bits per heavy atom. The molecule has 0 rings (SSSR count). The summed E-state index contributed by atoms with van der Waals surface area (Å²) in [6, 6.07) is 0. The van der Waals surface area contributed by atoms with E-state index in [-0.39, 0.29) is 11.5 Å². The van der Waals surface area contributed by atoms with E-state index in [4.69, 9.17) is 0 Å². The van der Waals surface area contributed by atoms with Crippen LogP contribution in [0, 0.1) is 0 Å². The fourth-order valence-electron chi connectivity index (χ4n) is 1.38. The zero-order valence-electron chi connectivity index (χ0n) is 15.5. The molecular formula is C19H30O4S2. The van der Waals surface area contributed by atoms with Gasteiger partial charge in [0, 0.05) is 0 Å². The Morgan fingerprint density at radius 1 is 0.520 bits per heavy atom. The largest absolute Gasteiger partial charge is 0.227 e. The Morgan fingerprint density at radius 2 is 0.800 bits per heavy atom.